The summed E-state index contributed by atoms with van der Waals surface area (Å²) in [4.78, 5) is 44.0. The summed E-state index contributed by atoms with van der Waals surface area (Å²) < 4.78 is 0.872. The zero-order valence-electron chi connectivity index (χ0n) is 18.8. The Morgan fingerprint density at radius 1 is 1.18 bits per heavy atom. The van der Waals surface area contributed by atoms with E-state index in [1.165, 1.54) is 6.92 Å². The predicted octanol–water partition coefficient (Wildman–Crippen LogP) is 3.06. The maximum atomic E-state index is 13.4. The van der Waals surface area contributed by atoms with Crippen molar-refractivity contribution < 1.29 is 14.4 Å². The van der Waals surface area contributed by atoms with Gasteiger partial charge in [0.15, 0.2) is 0 Å². The smallest absolute Gasteiger partial charge is 0.250 e. The summed E-state index contributed by atoms with van der Waals surface area (Å²) in [6, 6.07) is 13.4. The normalized spacial score (nSPS) is 16.3. The Morgan fingerprint density at radius 2 is 1.94 bits per heavy atom. The maximum Gasteiger partial charge on any atom is 0.250 e. The monoisotopic (exact) mass is 523 g/mol. The van der Waals surface area contributed by atoms with Crippen LogP contribution in [0.25, 0.3) is 10.8 Å². The number of hydrogen-bond donors (Lipinski definition) is 3. The van der Waals surface area contributed by atoms with Crippen LogP contribution >= 0.6 is 15.9 Å². The van der Waals surface area contributed by atoms with Crippen LogP contribution < -0.4 is 16.4 Å². The van der Waals surface area contributed by atoms with Gasteiger partial charge in [0.1, 0.15) is 17.9 Å². The molecule has 1 fully saturated rings. The van der Waals surface area contributed by atoms with Gasteiger partial charge >= 0.3 is 0 Å². The SMILES string of the molecule is CC(=O)NC(C(=O)N1CCC[C@H]1C(=O)NCc1ccc2c(N)nccc2c1)c1ccc(Br)cc1. The number of fused-ring (bicyclic) bond motifs is 1. The van der Waals surface area contributed by atoms with Crippen molar-refractivity contribution in [3.63, 3.8) is 0 Å². The van der Waals surface area contributed by atoms with Crippen molar-refractivity contribution in [1.29, 1.82) is 0 Å². The second kappa shape index (κ2) is 10.2. The van der Waals surface area contributed by atoms with E-state index in [9.17, 15) is 14.4 Å². The number of nitrogens with two attached hydrogens (primary N) is 1. The molecule has 2 aromatic carbocycles. The summed E-state index contributed by atoms with van der Waals surface area (Å²) in [6.45, 7) is 2.17. The number of carbonyl (C=O) groups is 3. The van der Waals surface area contributed by atoms with Crippen LogP contribution in [0.15, 0.2) is 59.2 Å². The topological polar surface area (TPSA) is 117 Å². The van der Waals surface area contributed by atoms with E-state index in [-0.39, 0.29) is 17.7 Å². The molecular formula is C25H26BrN5O3. The largest absolute Gasteiger partial charge is 0.383 e. The molecule has 4 N–H and O–H groups in total. The number of nitrogen functional groups attached to an aromatic ring is 1. The van der Waals surface area contributed by atoms with E-state index >= 15 is 0 Å². The fourth-order valence-electron chi connectivity index (χ4n) is 4.28. The second-order valence-corrected chi connectivity index (χ2v) is 9.26. The van der Waals surface area contributed by atoms with Crippen LogP contribution in [-0.4, -0.2) is 40.2 Å². The van der Waals surface area contributed by atoms with Gasteiger partial charge in [-0.25, -0.2) is 4.98 Å². The number of nitrogens with zero attached hydrogens (tertiary/aromatic N) is 2. The van der Waals surface area contributed by atoms with Gasteiger partial charge in [-0.2, -0.15) is 0 Å². The molecule has 0 bridgehead atoms. The summed E-state index contributed by atoms with van der Waals surface area (Å²) in [5, 5.41) is 7.51. The molecule has 3 aromatic rings. The van der Waals surface area contributed by atoms with Gasteiger partial charge in [0.05, 0.1) is 0 Å². The predicted molar refractivity (Wildman–Crippen MR) is 133 cm³/mol. The molecule has 176 valence electrons. The molecule has 0 radical (unpaired) electrons. The lowest BCUT2D eigenvalue weighted by Gasteiger charge is -2.29. The lowest BCUT2D eigenvalue weighted by atomic mass is 10.0. The molecule has 8 nitrogen and oxygen atoms in total. The summed E-state index contributed by atoms with van der Waals surface area (Å²) in [5.74, 6) is -0.345. The van der Waals surface area contributed by atoms with Gasteiger partial charge in [-0.15, -0.1) is 0 Å². The Hall–Kier alpha value is -3.46. The molecule has 2 atom stereocenters. The molecule has 34 heavy (non-hydrogen) atoms. The summed E-state index contributed by atoms with van der Waals surface area (Å²) in [5.41, 5.74) is 7.50. The fourth-order valence-corrected chi connectivity index (χ4v) is 4.55. The number of pyridine rings is 1. The Bertz CT molecular complexity index is 1230. The van der Waals surface area contributed by atoms with Crippen LogP contribution in [0.3, 0.4) is 0 Å². The van der Waals surface area contributed by atoms with Crippen LogP contribution in [0.4, 0.5) is 5.82 Å². The lowest BCUT2D eigenvalue weighted by Crippen LogP contribution is -2.49. The number of aromatic nitrogens is 1. The molecule has 3 amide bonds. The minimum atomic E-state index is -0.849. The van der Waals surface area contributed by atoms with Crippen molar-refractivity contribution in [3.8, 4) is 0 Å². The number of halogens is 1. The third-order valence-corrected chi connectivity index (χ3v) is 6.49. The molecular weight excluding hydrogens is 498 g/mol. The molecule has 0 spiro atoms. The maximum absolute atomic E-state index is 13.4. The molecule has 1 unspecified atom stereocenters. The molecule has 1 saturated heterocycles. The second-order valence-electron chi connectivity index (χ2n) is 8.34. The first-order valence-corrected chi connectivity index (χ1v) is 11.9. The minimum Gasteiger partial charge on any atom is -0.383 e. The van der Waals surface area contributed by atoms with E-state index in [1.54, 1.807) is 23.2 Å². The van der Waals surface area contributed by atoms with Crippen molar-refractivity contribution in [3.05, 3.63) is 70.3 Å². The van der Waals surface area contributed by atoms with E-state index in [2.05, 4.69) is 31.5 Å². The third-order valence-electron chi connectivity index (χ3n) is 5.96. The average molecular weight is 524 g/mol. The standard InChI is InChI=1S/C25H26BrN5O3/c1-15(32)30-22(17-5-7-19(26)8-6-17)25(34)31-12-2-3-21(31)24(33)29-14-16-4-9-20-18(13-16)10-11-28-23(20)27/h4-11,13,21-22H,2-3,12,14H2,1H3,(H2,27,28)(H,29,33)(H,30,32)/t21-,22?/m0/s1. The average Bonchev–Trinajstić information content (AvgIpc) is 3.31. The highest BCUT2D eigenvalue weighted by Gasteiger charge is 2.37. The van der Waals surface area contributed by atoms with Gasteiger partial charge in [0.25, 0.3) is 0 Å². The van der Waals surface area contributed by atoms with Crippen molar-refractivity contribution in [2.24, 2.45) is 0 Å². The highest BCUT2D eigenvalue weighted by molar-refractivity contribution is 9.10. The van der Waals surface area contributed by atoms with Crippen molar-refractivity contribution in [2.45, 2.75) is 38.4 Å². The van der Waals surface area contributed by atoms with Crippen LogP contribution in [0, 0.1) is 0 Å². The third kappa shape index (κ3) is 5.20. The zero-order valence-corrected chi connectivity index (χ0v) is 20.3. The van der Waals surface area contributed by atoms with Crippen molar-refractivity contribution in [1.82, 2.24) is 20.5 Å². The quantitative estimate of drug-likeness (QED) is 0.458. The van der Waals surface area contributed by atoms with Gasteiger partial charge in [0.2, 0.25) is 17.7 Å². The zero-order chi connectivity index (χ0) is 24.2. The van der Waals surface area contributed by atoms with Crippen LogP contribution in [0.5, 0.6) is 0 Å². The van der Waals surface area contributed by atoms with Gasteiger partial charge < -0.3 is 21.3 Å². The van der Waals surface area contributed by atoms with Crippen molar-refractivity contribution >= 4 is 50.2 Å². The number of likely N-dealkylation sites (tertiary alicyclic amines) is 1. The first-order chi connectivity index (χ1) is 16.3. The number of hydrogen-bond acceptors (Lipinski definition) is 5. The summed E-state index contributed by atoms with van der Waals surface area (Å²) in [7, 11) is 0. The van der Waals surface area contributed by atoms with Crippen LogP contribution in [-0.2, 0) is 20.9 Å². The molecule has 1 aliphatic heterocycles. The van der Waals surface area contributed by atoms with E-state index in [4.69, 9.17) is 5.73 Å². The Balaban J connectivity index is 1.47. The molecule has 1 aliphatic rings. The molecule has 1 aromatic heterocycles. The Morgan fingerprint density at radius 3 is 2.68 bits per heavy atom. The van der Waals surface area contributed by atoms with Gasteiger partial charge in [-0.05, 0) is 53.6 Å². The highest BCUT2D eigenvalue weighted by atomic mass is 79.9. The number of nitrogens with one attached hydrogen (secondary N) is 2. The van der Waals surface area contributed by atoms with Crippen molar-refractivity contribution in [2.75, 3.05) is 12.3 Å². The van der Waals surface area contributed by atoms with Gasteiger partial charge in [0, 0.05) is 36.1 Å². The number of amides is 3. The molecule has 9 heteroatoms. The van der Waals surface area contributed by atoms with Gasteiger partial charge in [-0.1, -0.05) is 40.2 Å². The minimum absolute atomic E-state index is 0.211. The number of rotatable bonds is 6. The molecule has 0 saturated carbocycles. The lowest BCUT2D eigenvalue weighted by molar-refractivity contribution is -0.141. The first-order valence-electron chi connectivity index (χ1n) is 11.1. The van der Waals surface area contributed by atoms with Gasteiger partial charge in [-0.3, -0.25) is 14.4 Å². The molecule has 2 heterocycles. The number of anilines is 1. The fraction of sp³-hybridized carbons (Fsp3) is 0.280. The Kier molecular flexibility index (Phi) is 7.12. The van der Waals surface area contributed by atoms with E-state index in [0.717, 1.165) is 27.2 Å². The van der Waals surface area contributed by atoms with Crippen LogP contribution in [0.2, 0.25) is 0 Å². The molecule has 4 rings (SSSR count). The summed E-state index contributed by atoms with van der Waals surface area (Å²) >= 11 is 3.39. The Labute approximate surface area is 206 Å². The van der Waals surface area contributed by atoms with E-state index in [1.807, 2.05) is 36.4 Å². The van der Waals surface area contributed by atoms with Crippen LogP contribution in [0.1, 0.15) is 36.9 Å². The number of benzene rings is 2. The number of carbonyl (C=O) groups excluding carboxylic acids is 3. The first kappa shape index (κ1) is 23.7. The van der Waals surface area contributed by atoms with E-state index in [0.29, 0.717) is 30.9 Å². The van der Waals surface area contributed by atoms with E-state index < -0.39 is 12.1 Å². The molecule has 0 aliphatic carbocycles. The highest BCUT2D eigenvalue weighted by Crippen LogP contribution is 2.25. The summed E-state index contributed by atoms with van der Waals surface area (Å²) in [6.07, 6.45) is 2.95.